The third kappa shape index (κ3) is 3.63. The van der Waals surface area contributed by atoms with Crippen LogP contribution in [0.1, 0.15) is 39.0 Å². The summed E-state index contributed by atoms with van der Waals surface area (Å²) < 4.78 is 7.42. The summed E-state index contributed by atoms with van der Waals surface area (Å²) in [7, 11) is 0. The molecule has 0 aliphatic rings. The van der Waals surface area contributed by atoms with Gasteiger partial charge < -0.3 is 4.74 Å². The van der Waals surface area contributed by atoms with Gasteiger partial charge in [0, 0.05) is 6.54 Å². The van der Waals surface area contributed by atoms with Crippen LogP contribution < -0.4 is 10.3 Å². The van der Waals surface area contributed by atoms with Crippen molar-refractivity contribution in [3.8, 4) is 16.9 Å². The minimum atomic E-state index is -0.0753. The molecule has 2 aromatic rings. The van der Waals surface area contributed by atoms with Crippen LogP contribution in [0.15, 0.2) is 29.1 Å². The molecule has 1 heterocycles. The number of nitrogens with zero attached hydrogens (tertiary/aromatic N) is 2. The van der Waals surface area contributed by atoms with Crippen molar-refractivity contribution in [3.05, 3.63) is 45.9 Å². The smallest absolute Gasteiger partial charge is 0.278 e. The molecule has 0 amide bonds. The largest absolute Gasteiger partial charge is 0.491 e. The van der Waals surface area contributed by atoms with Crippen molar-refractivity contribution in [2.24, 2.45) is 5.92 Å². The second kappa shape index (κ2) is 7.44. The Balaban J connectivity index is 2.79. The number of ether oxygens (including phenoxy) is 1. The first kappa shape index (κ1) is 17.3. The Morgan fingerprint density at radius 3 is 2.48 bits per heavy atom. The van der Waals surface area contributed by atoms with Crippen LogP contribution in [0.4, 0.5) is 0 Å². The fourth-order valence-electron chi connectivity index (χ4n) is 2.70. The lowest BCUT2D eigenvalue weighted by Gasteiger charge is -2.18. The second-order valence-corrected chi connectivity index (χ2v) is 6.13. The third-order valence-corrected chi connectivity index (χ3v) is 3.75. The van der Waals surface area contributed by atoms with Gasteiger partial charge in [-0.3, -0.25) is 4.79 Å². The first-order valence-electron chi connectivity index (χ1n) is 8.32. The van der Waals surface area contributed by atoms with Gasteiger partial charge in [-0.05, 0) is 37.3 Å². The van der Waals surface area contributed by atoms with Crippen LogP contribution in [0.2, 0.25) is 0 Å². The van der Waals surface area contributed by atoms with Gasteiger partial charge in [0.15, 0.2) is 5.75 Å². The van der Waals surface area contributed by atoms with E-state index < -0.39 is 0 Å². The van der Waals surface area contributed by atoms with Gasteiger partial charge in [-0.1, -0.05) is 45.0 Å². The predicted octanol–water partition coefficient (Wildman–Crippen LogP) is 3.84. The van der Waals surface area contributed by atoms with E-state index in [0.717, 1.165) is 23.2 Å². The van der Waals surface area contributed by atoms with E-state index in [4.69, 9.17) is 4.74 Å². The van der Waals surface area contributed by atoms with Gasteiger partial charge in [0.2, 0.25) is 0 Å². The lowest BCUT2D eigenvalue weighted by molar-refractivity contribution is 0.330. The summed E-state index contributed by atoms with van der Waals surface area (Å²) in [6.07, 6.45) is 0.729. The first-order valence-corrected chi connectivity index (χ1v) is 8.32. The third-order valence-electron chi connectivity index (χ3n) is 3.75. The topological polar surface area (TPSA) is 44.1 Å². The van der Waals surface area contributed by atoms with Gasteiger partial charge in [-0.25, -0.2) is 4.68 Å². The molecule has 0 saturated heterocycles. The predicted molar refractivity (Wildman–Crippen MR) is 94.1 cm³/mol. The van der Waals surface area contributed by atoms with Crippen molar-refractivity contribution in [2.45, 2.75) is 47.6 Å². The summed E-state index contributed by atoms with van der Waals surface area (Å²) in [5, 5.41) is 4.54. The van der Waals surface area contributed by atoms with Crippen molar-refractivity contribution in [3.63, 3.8) is 0 Å². The lowest BCUT2D eigenvalue weighted by atomic mass is 10.00. The molecule has 4 nitrogen and oxygen atoms in total. The van der Waals surface area contributed by atoms with E-state index in [1.165, 1.54) is 0 Å². The number of aryl methyl sites for hydroxylation is 2. The minimum absolute atomic E-state index is 0.0753. The normalized spacial score (nSPS) is 11.0. The molecule has 4 heteroatoms. The Morgan fingerprint density at radius 2 is 1.91 bits per heavy atom. The van der Waals surface area contributed by atoms with Crippen molar-refractivity contribution in [2.75, 3.05) is 6.61 Å². The molecule has 2 rings (SSSR count). The standard InChI is InChI=1S/C19H26N2O2/c1-6-16-18(23-7-2)17(15-11-9-8-10-14(15)5)19(22)21(20-16)12-13(3)4/h8-11,13H,6-7,12H2,1-5H3. The lowest BCUT2D eigenvalue weighted by Crippen LogP contribution is -2.29. The van der Waals surface area contributed by atoms with Gasteiger partial charge in [0.1, 0.15) is 5.69 Å². The highest BCUT2D eigenvalue weighted by atomic mass is 16.5. The highest BCUT2D eigenvalue weighted by Gasteiger charge is 2.20. The van der Waals surface area contributed by atoms with E-state index in [1.807, 2.05) is 45.0 Å². The van der Waals surface area contributed by atoms with E-state index in [9.17, 15) is 4.79 Å². The Hall–Kier alpha value is -2.10. The average molecular weight is 314 g/mol. The molecule has 0 saturated carbocycles. The zero-order valence-corrected chi connectivity index (χ0v) is 14.7. The number of hydrogen-bond donors (Lipinski definition) is 0. The maximum absolute atomic E-state index is 13.0. The summed E-state index contributed by atoms with van der Waals surface area (Å²) in [5.41, 5.74) is 3.39. The maximum Gasteiger partial charge on any atom is 0.278 e. The molecule has 0 atom stereocenters. The van der Waals surface area contributed by atoms with E-state index in [0.29, 0.717) is 30.4 Å². The Morgan fingerprint density at radius 1 is 1.22 bits per heavy atom. The first-order chi connectivity index (χ1) is 11.0. The van der Waals surface area contributed by atoms with Gasteiger partial charge in [0.25, 0.3) is 5.56 Å². The van der Waals surface area contributed by atoms with Crippen LogP contribution in [0, 0.1) is 12.8 Å². The van der Waals surface area contributed by atoms with E-state index >= 15 is 0 Å². The number of aromatic nitrogens is 2. The molecule has 0 aliphatic carbocycles. The van der Waals surface area contributed by atoms with Gasteiger partial charge in [0.05, 0.1) is 12.2 Å². The van der Waals surface area contributed by atoms with Crippen LogP contribution >= 0.6 is 0 Å². The molecule has 0 aliphatic heterocycles. The van der Waals surface area contributed by atoms with Crippen LogP contribution in [0.5, 0.6) is 5.75 Å². The van der Waals surface area contributed by atoms with Gasteiger partial charge >= 0.3 is 0 Å². The quantitative estimate of drug-likeness (QED) is 0.814. The van der Waals surface area contributed by atoms with Crippen molar-refractivity contribution >= 4 is 0 Å². The fraction of sp³-hybridized carbons (Fsp3) is 0.474. The van der Waals surface area contributed by atoms with Crippen LogP contribution in [0.3, 0.4) is 0 Å². The number of benzene rings is 1. The van der Waals surface area contributed by atoms with Crippen molar-refractivity contribution in [1.29, 1.82) is 0 Å². The van der Waals surface area contributed by atoms with E-state index in [-0.39, 0.29) is 5.56 Å². The van der Waals surface area contributed by atoms with Crippen LogP contribution in [-0.4, -0.2) is 16.4 Å². The molecule has 1 aromatic heterocycles. The van der Waals surface area contributed by atoms with Crippen molar-refractivity contribution in [1.82, 2.24) is 9.78 Å². The Kier molecular flexibility index (Phi) is 5.59. The molecular weight excluding hydrogens is 288 g/mol. The van der Waals surface area contributed by atoms with Crippen molar-refractivity contribution < 1.29 is 4.74 Å². The van der Waals surface area contributed by atoms with E-state index in [1.54, 1.807) is 4.68 Å². The highest BCUT2D eigenvalue weighted by Crippen LogP contribution is 2.31. The zero-order valence-electron chi connectivity index (χ0n) is 14.7. The monoisotopic (exact) mass is 314 g/mol. The fourth-order valence-corrected chi connectivity index (χ4v) is 2.70. The molecule has 0 spiro atoms. The summed E-state index contributed by atoms with van der Waals surface area (Å²) in [6.45, 7) is 11.3. The molecule has 0 N–H and O–H groups in total. The Labute approximate surface area is 138 Å². The maximum atomic E-state index is 13.0. The van der Waals surface area contributed by atoms with E-state index in [2.05, 4.69) is 18.9 Å². The van der Waals surface area contributed by atoms with Crippen LogP contribution in [-0.2, 0) is 13.0 Å². The summed E-state index contributed by atoms with van der Waals surface area (Å²) in [6, 6.07) is 7.93. The highest BCUT2D eigenvalue weighted by molar-refractivity contribution is 5.73. The molecule has 0 unspecified atom stereocenters. The molecule has 0 bridgehead atoms. The summed E-state index contributed by atoms with van der Waals surface area (Å²) in [5.74, 6) is 0.988. The number of rotatable bonds is 6. The summed E-state index contributed by atoms with van der Waals surface area (Å²) >= 11 is 0. The molecular formula is C19H26N2O2. The SMILES string of the molecule is CCOc1c(CC)nn(CC(C)C)c(=O)c1-c1ccccc1C. The zero-order chi connectivity index (χ0) is 17.0. The second-order valence-electron chi connectivity index (χ2n) is 6.13. The minimum Gasteiger partial charge on any atom is -0.491 e. The number of hydrogen-bond acceptors (Lipinski definition) is 3. The average Bonchev–Trinajstić information content (AvgIpc) is 2.51. The molecule has 0 radical (unpaired) electrons. The molecule has 124 valence electrons. The summed E-state index contributed by atoms with van der Waals surface area (Å²) in [4.78, 5) is 13.0. The van der Waals surface area contributed by atoms with Crippen LogP contribution in [0.25, 0.3) is 11.1 Å². The molecule has 0 fully saturated rings. The Bertz CT molecular complexity index is 733. The molecule has 1 aromatic carbocycles. The van der Waals surface area contributed by atoms with Gasteiger partial charge in [-0.2, -0.15) is 5.10 Å². The van der Waals surface area contributed by atoms with Gasteiger partial charge in [-0.15, -0.1) is 0 Å². The molecule has 23 heavy (non-hydrogen) atoms.